The molecule has 0 radical (unpaired) electrons. The van der Waals surface area contributed by atoms with Crippen LogP contribution in [0.15, 0.2) is 30.3 Å². The molecule has 0 spiro atoms. The SMILES string of the molecule is CC(CP(C1CCCCC1)C1CCCCC1)SCc1ccccc1. The second-order valence-electron chi connectivity index (χ2n) is 7.89. The Morgan fingerprint density at radius 3 is 1.96 bits per heavy atom. The molecule has 1 unspecified atom stereocenters. The van der Waals surface area contributed by atoms with Crippen LogP contribution in [-0.4, -0.2) is 22.7 Å². The van der Waals surface area contributed by atoms with Gasteiger partial charge in [-0.3, -0.25) is 0 Å². The van der Waals surface area contributed by atoms with Gasteiger partial charge in [0.05, 0.1) is 0 Å². The van der Waals surface area contributed by atoms with E-state index in [4.69, 9.17) is 0 Å². The van der Waals surface area contributed by atoms with Crippen LogP contribution in [0.3, 0.4) is 0 Å². The molecular formula is C22H35PS. The number of benzene rings is 1. The largest absolute Gasteiger partial charge is 0.154 e. The predicted molar refractivity (Wildman–Crippen MR) is 113 cm³/mol. The molecule has 2 saturated carbocycles. The molecule has 2 aliphatic carbocycles. The van der Waals surface area contributed by atoms with Gasteiger partial charge in [0.2, 0.25) is 0 Å². The Morgan fingerprint density at radius 2 is 1.42 bits per heavy atom. The Labute approximate surface area is 155 Å². The maximum Gasteiger partial charge on any atom is 0.0187 e. The van der Waals surface area contributed by atoms with Crippen LogP contribution in [-0.2, 0) is 5.75 Å². The van der Waals surface area contributed by atoms with Crippen LogP contribution in [0.25, 0.3) is 0 Å². The second kappa shape index (κ2) is 10.2. The fourth-order valence-corrected chi connectivity index (χ4v) is 10.0. The fourth-order valence-electron chi connectivity index (χ4n) is 4.58. The van der Waals surface area contributed by atoms with Crippen LogP contribution in [0, 0.1) is 0 Å². The highest BCUT2D eigenvalue weighted by Gasteiger charge is 2.31. The summed E-state index contributed by atoms with van der Waals surface area (Å²) in [5, 5.41) is 0.833. The van der Waals surface area contributed by atoms with Gasteiger partial charge in [0, 0.05) is 11.0 Å². The summed E-state index contributed by atoms with van der Waals surface area (Å²) in [5.74, 6) is 1.19. The van der Waals surface area contributed by atoms with Crippen LogP contribution in [0.5, 0.6) is 0 Å². The van der Waals surface area contributed by atoms with Gasteiger partial charge in [-0.1, -0.05) is 83.7 Å². The first-order chi connectivity index (χ1) is 11.8. The van der Waals surface area contributed by atoms with Crippen molar-refractivity contribution in [1.29, 1.82) is 0 Å². The molecule has 2 heteroatoms. The van der Waals surface area contributed by atoms with Crippen molar-refractivity contribution in [2.24, 2.45) is 0 Å². The first-order valence-electron chi connectivity index (χ1n) is 10.2. The van der Waals surface area contributed by atoms with E-state index in [9.17, 15) is 0 Å². The Hall–Kier alpha value is 0. The topological polar surface area (TPSA) is 0 Å². The summed E-state index contributed by atoms with van der Waals surface area (Å²) >= 11 is 2.20. The molecule has 0 aromatic heterocycles. The van der Waals surface area contributed by atoms with E-state index >= 15 is 0 Å². The van der Waals surface area contributed by atoms with E-state index in [0.717, 1.165) is 16.6 Å². The molecule has 2 aliphatic rings. The summed E-state index contributed by atoms with van der Waals surface area (Å²) in [4.78, 5) is 0. The van der Waals surface area contributed by atoms with Crippen LogP contribution in [0.4, 0.5) is 0 Å². The van der Waals surface area contributed by atoms with E-state index in [1.807, 2.05) is 0 Å². The van der Waals surface area contributed by atoms with E-state index < -0.39 is 0 Å². The van der Waals surface area contributed by atoms with Crippen LogP contribution < -0.4 is 0 Å². The zero-order valence-corrected chi connectivity index (χ0v) is 17.2. The number of rotatable bonds is 7. The Morgan fingerprint density at radius 1 is 0.875 bits per heavy atom. The van der Waals surface area contributed by atoms with E-state index in [2.05, 4.69) is 49.0 Å². The molecule has 0 aliphatic heterocycles. The predicted octanol–water partition coefficient (Wildman–Crippen LogP) is 7.46. The van der Waals surface area contributed by atoms with E-state index in [1.165, 1.54) is 56.0 Å². The van der Waals surface area contributed by atoms with Gasteiger partial charge in [-0.25, -0.2) is 0 Å². The van der Waals surface area contributed by atoms with Crippen molar-refractivity contribution in [3.8, 4) is 0 Å². The minimum atomic E-state index is 0.262. The van der Waals surface area contributed by atoms with E-state index in [-0.39, 0.29) is 7.92 Å². The van der Waals surface area contributed by atoms with Crippen molar-refractivity contribution in [2.45, 2.75) is 93.5 Å². The van der Waals surface area contributed by atoms with Crippen molar-refractivity contribution < 1.29 is 0 Å². The number of hydrogen-bond donors (Lipinski definition) is 0. The first kappa shape index (κ1) is 18.8. The molecule has 1 atom stereocenters. The van der Waals surface area contributed by atoms with Gasteiger partial charge in [-0.05, 0) is 48.7 Å². The molecule has 2 fully saturated rings. The molecular weight excluding hydrogens is 327 g/mol. The van der Waals surface area contributed by atoms with Crippen LogP contribution in [0.1, 0.15) is 76.7 Å². The van der Waals surface area contributed by atoms with Gasteiger partial charge in [-0.2, -0.15) is 11.8 Å². The smallest absolute Gasteiger partial charge is 0.0187 e. The second-order valence-corrected chi connectivity index (χ2v) is 12.2. The summed E-state index contributed by atoms with van der Waals surface area (Å²) in [7, 11) is 0.262. The average molecular weight is 363 g/mol. The van der Waals surface area contributed by atoms with E-state index in [0.29, 0.717) is 0 Å². The molecule has 1 aromatic carbocycles. The third kappa shape index (κ3) is 5.77. The zero-order chi connectivity index (χ0) is 16.6. The lowest BCUT2D eigenvalue weighted by atomic mass is 9.99. The summed E-state index contributed by atoms with van der Waals surface area (Å²) < 4.78 is 0. The van der Waals surface area contributed by atoms with Gasteiger partial charge >= 0.3 is 0 Å². The lowest BCUT2D eigenvalue weighted by Crippen LogP contribution is -2.24. The average Bonchev–Trinajstić information content (AvgIpc) is 2.67. The number of thioether (sulfide) groups is 1. The Kier molecular flexibility index (Phi) is 8.00. The highest BCUT2D eigenvalue weighted by molar-refractivity contribution is 7.99. The van der Waals surface area contributed by atoms with Gasteiger partial charge in [0.1, 0.15) is 0 Å². The summed E-state index contributed by atoms with van der Waals surface area (Å²) in [6.07, 6.45) is 16.8. The third-order valence-electron chi connectivity index (χ3n) is 5.93. The zero-order valence-electron chi connectivity index (χ0n) is 15.5. The quantitative estimate of drug-likeness (QED) is 0.454. The molecule has 0 amide bonds. The molecule has 1 aromatic rings. The molecule has 0 N–H and O–H groups in total. The first-order valence-corrected chi connectivity index (χ1v) is 13.0. The molecule has 3 rings (SSSR count). The fraction of sp³-hybridized carbons (Fsp3) is 0.727. The lowest BCUT2D eigenvalue weighted by Gasteiger charge is -2.39. The monoisotopic (exact) mass is 362 g/mol. The molecule has 0 bridgehead atoms. The normalized spacial score (nSPS) is 21.9. The highest BCUT2D eigenvalue weighted by atomic mass is 32.2. The van der Waals surface area contributed by atoms with Gasteiger partial charge in [0.25, 0.3) is 0 Å². The summed E-state index contributed by atoms with van der Waals surface area (Å²) in [6.45, 7) is 2.51. The molecule has 24 heavy (non-hydrogen) atoms. The molecule has 0 saturated heterocycles. The third-order valence-corrected chi connectivity index (χ3v) is 11.3. The maximum atomic E-state index is 2.51. The van der Waals surface area contributed by atoms with Crippen molar-refractivity contribution >= 4 is 19.7 Å². The lowest BCUT2D eigenvalue weighted by molar-refractivity contribution is 0.484. The van der Waals surface area contributed by atoms with Crippen molar-refractivity contribution in [3.05, 3.63) is 35.9 Å². The highest BCUT2D eigenvalue weighted by Crippen LogP contribution is 2.56. The van der Waals surface area contributed by atoms with Gasteiger partial charge in [0.15, 0.2) is 0 Å². The van der Waals surface area contributed by atoms with Crippen molar-refractivity contribution in [3.63, 3.8) is 0 Å². The minimum absolute atomic E-state index is 0.262. The van der Waals surface area contributed by atoms with Crippen LogP contribution in [0.2, 0.25) is 0 Å². The van der Waals surface area contributed by atoms with E-state index in [1.54, 1.807) is 25.7 Å². The van der Waals surface area contributed by atoms with Crippen molar-refractivity contribution in [1.82, 2.24) is 0 Å². The number of hydrogen-bond acceptors (Lipinski definition) is 1. The summed E-state index contributed by atoms with van der Waals surface area (Å²) in [5.41, 5.74) is 3.71. The van der Waals surface area contributed by atoms with Crippen LogP contribution >= 0.6 is 19.7 Å². The van der Waals surface area contributed by atoms with Gasteiger partial charge in [-0.15, -0.1) is 0 Å². The standard InChI is InChI=1S/C22H35PS/c1-19(24-18-20-11-5-2-6-12-20)17-23(21-13-7-3-8-14-21)22-15-9-4-10-16-22/h2,5-6,11-12,19,21-22H,3-4,7-10,13-18H2,1H3. The Bertz CT molecular complexity index is 430. The summed E-state index contributed by atoms with van der Waals surface area (Å²) in [6, 6.07) is 11.0. The maximum absolute atomic E-state index is 2.51. The van der Waals surface area contributed by atoms with Crippen molar-refractivity contribution in [2.75, 3.05) is 6.16 Å². The Balaban J connectivity index is 1.55. The molecule has 134 valence electrons. The minimum Gasteiger partial charge on any atom is -0.154 e. The molecule has 0 nitrogen and oxygen atoms in total. The van der Waals surface area contributed by atoms with Gasteiger partial charge < -0.3 is 0 Å². The molecule has 0 heterocycles.